The van der Waals surface area contributed by atoms with Crippen molar-refractivity contribution in [3.63, 3.8) is 0 Å². The molecule has 0 saturated carbocycles. The van der Waals surface area contributed by atoms with E-state index < -0.39 is 5.97 Å². The van der Waals surface area contributed by atoms with Crippen LogP contribution in [0.2, 0.25) is 0 Å². The van der Waals surface area contributed by atoms with Gasteiger partial charge in [-0.25, -0.2) is 9.18 Å². The second-order valence-corrected chi connectivity index (χ2v) is 2.91. The SMILES string of the molecule is O=C(O)/C=C/CCc1cccc(F)c1. The molecule has 0 aliphatic rings. The first-order valence-corrected chi connectivity index (χ1v) is 4.32. The molecule has 1 N–H and O–H groups in total. The molecular weight excluding hydrogens is 183 g/mol. The van der Waals surface area contributed by atoms with Gasteiger partial charge in [0.25, 0.3) is 0 Å². The molecule has 0 atom stereocenters. The Morgan fingerprint density at radius 3 is 2.93 bits per heavy atom. The molecule has 0 aliphatic carbocycles. The van der Waals surface area contributed by atoms with Crippen molar-refractivity contribution in [3.8, 4) is 0 Å². The second kappa shape index (κ2) is 5.17. The van der Waals surface area contributed by atoms with E-state index in [1.807, 2.05) is 6.07 Å². The predicted molar refractivity (Wildman–Crippen MR) is 51.5 cm³/mol. The van der Waals surface area contributed by atoms with Crippen molar-refractivity contribution < 1.29 is 14.3 Å². The lowest BCUT2D eigenvalue weighted by Crippen LogP contribution is -1.88. The van der Waals surface area contributed by atoms with Crippen LogP contribution >= 0.6 is 0 Å². The molecule has 0 heterocycles. The van der Waals surface area contributed by atoms with Crippen molar-refractivity contribution in [1.82, 2.24) is 0 Å². The smallest absolute Gasteiger partial charge is 0.327 e. The van der Waals surface area contributed by atoms with Crippen molar-refractivity contribution in [3.05, 3.63) is 47.8 Å². The number of carbonyl (C=O) groups is 1. The van der Waals surface area contributed by atoms with Crippen LogP contribution in [0.5, 0.6) is 0 Å². The van der Waals surface area contributed by atoms with Crippen LogP contribution in [0.3, 0.4) is 0 Å². The molecule has 0 aliphatic heterocycles. The van der Waals surface area contributed by atoms with Gasteiger partial charge in [0.15, 0.2) is 0 Å². The van der Waals surface area contributed by atoms with Crippen molar-refractivity contribution in [1.29, 1.82) is 0 Å². The Balaban J connectivity index is 2.42. The third-order valence-corrected chi connectivity index (χ3v) is 1.75. The second-order valence-electron chi connectivity index (χ2n) is 2.91. The summed E-state index contributed by atoms with van der Waals surface area (Å²) in [7, 11) is 0. The maximum Gasteiger partial charge on any atom is 0.327 e. The number of hydrogen-bond acceptors (Lipinski definition) is 1. The van der Waals surface area contributed by atoms with E-state index in [4.69, 9.17) is 5.11 Å². The molecule has 0 spiro atoms. The lowest BCUT2D eigenvalue weighted by atomic mass is 10.1. The molecule has 2 nitrogen and oxygen atoms in total. The van der Waals surface area contributed by atoms with E-state index in [1.165, 1.54) is 12.1 Å². The normalized spacial score (nSPS) is 10.6. The Labute approximate surface area is 81.7 Å². The average molecular weight is 194 g/mol. The molecule has 0 radical (unpaired) electrons. The summed E-state index contributed by atoms with van der Waals surface area (Å²) in [5.74, 6) is -1.21. The van der Waals surface area contributed by atoms with Gasteiger partial charge < -0.3 is 5.11 Å². The zero-order chi connectivity index (χ0) is 10.4. The van der Waals surface area contributed by atoms with E-state index in [1.54, 1.807) is 12.1 Å². The van der Waals surface area contributed by atoms with Crippen LogP contribution in [-0.2, 0) is 11.2 Å². The first-order valence-electron chi connectivity index (χ1n) is 4.32. The number of rotatable bonds is 4. The van der Waals surface area contributed by atoms with Crippen LogP contribution in [0, 0.1) is 5.82 Å². The number of aryl methyl sites for hydroxylation is 1. The van der Waals surface area contributed by atoms with Gasteiger partial charge in [-0.3, -0.25) is 0 Å². The van der Waals surface area contributed by atoms with Gasteiger partial charge in [-0.15, -0.1) is 0 Å². The Kier molecular flexibility index (Phi) is 3.85. The monoisotopic (exact) mass is 194 g/mol. The Bertz CT molecular complexity index is 345. The standard InChI is InChI=1S/C11H11FO2/c12-10-6-3-5-9(8-10)4-1-2-7-11(13)14/h2-3,5-8H,1,4H2,(H,13,14)/b7-2+. The van der Waals surface area contributed by atoms with Crippen molar-refractivity contribution >= 4 is 5.97 Å². The summed E-state index contributed by atoms with van der Waals surface area (Å²) < 4.78 is 12.7. The van der Waals surface area contributed by atoms with Gasteiger partial charge in [0.1, 0.15) is 5.82 Å². The number of benzene rings is 1. The molecule has 0 aromatic heterocycles. The number of carboxylic acids is 1. The van der Waals surface area contributed by atoms with Gasteiger partial charge in [-0.2, -0.15) is 0 Å². The van der Waals surface area contributed by atoms with E-state index in [2.05, 4.69) is 0 Å². The number of allylic oxidation sites excluding steroid dienone is 1. The largest absolute Gasteiger partial charge is 0.478 e. The maximum absolute atomic E-state index is 12.7. The van der Waals surface area contributed by atoms with Crippen molar-refractivity contribution in [2.24, 2.45) is 0 Å². The average Bonchev–Trinajstić information content (AvgIpc) is 2.12. The lowest BCUT2D eigenvalue weighted by molar-refractivity contribution is -0.131. The van der Waals surface area contributed by atoms with Gasteiger partial charge in [-0.1, -0.05) is 18.2 Å². The number of carboxylic acid groups (broad SMARTS) is 1. The van der Waals surface area contributed by atoms with Gasteiger partial charge >= 0.3 is 5.97 Å². The van der Waals surface area contributed by atoms with Crippen LogP contribution in [-0.4, -0.2) is 11.1 Å². The van der Waals surface area contributed by atoms with Gasteiger partial charge in [0, 0.05) is 6.08 Å². The van der Waals surface area contributed by atoms with Gasteiger partial charge in [-0.05, 0) is 30.5 Å². The molecule has 0 bridgehead atoms. The minimum Gasteiger partial charge on any atom is -0.478 e. The zero-order valence-electron chi connectivity index (χ0n) is 7.61. The Morgan fingerprint density at radius 2 is 2.29 bits per heavy atom. The zero-order valence-corrected chi connectivity index (χ0v) is 7.61. The highest BCUT2D eigenvalue weighted by Crippen LogP contribution is 2.06. The summed E-state index contributed by atoms with van der Waals surface area (Å²) in [4.78, 5) is 10.1. The van der Waals surface area contributed by atoms with Crippen LogP contribution in [0.1, 0.15) is 12.0 Å². The summed E-state index contributed by atoms with van der Waals surface area (Å²) in [6.45, 7) is 0. The third kappa shape index (κ3) is 3.85. The van der Waals surface area contributed by atoms with E-state index in [-0.39, 0.29) is 5.82 Å². The molecule has 0 unspecified atom stereocenters. The molecule has 1 rings (SSSR count). The fraction of sp³-hybridized carbons (Fsp3) is 0.182. The summed E-state index contributed by atoms with van der Waals surface area (Å²) in [5.41, 5.74) is 0.875. The van der Waals surface area contributed by atoms with E-state index in [0.717, 1.165) is 11.6 Å². The molecule has 14 heavy (non-hydrogen) atoms. The Hall–Kier alpha value is -1.64. The molecule has 0 amide bonds. The number of halogens is 1. The van der Waals surface area contributed by atoms with E-state index in [0.29, 0.717) is 12.8 Å². The first-order chi connectivity index (χ1) is 6.68. The molecule has 74 valence electrons. The molecule has 1 aromatic rings. The molecule has 0 fully saturated rings. The van der Waals surface area contributed by atoms with E-state index in [9.17, 15) is 9.18 Å². The summed E-state index contributed by atoms with van der Waals surface area (Å²) >= 11 is 0. The lowest BCUT2D eigenvalue weighted by Gasteiger charge is -1.97. The maximum atomic E-state index is 12.7. The van der Waals surface area contributed by atoms with Crippen molar-refractivity contribution in [2.45, 2.75) is 12.8 Å². The topological polar surface area (TPSA) is 37.3 Å². The third-order valence-electron chi connectivity index (χ3n) is 1.75. The van der Waals surface area contributed by atoms with E-state index >= 15 is 0 Å². The van der Waals surface area contributed by atoms with Gasteiger partial charge in [0.2, 0.25) is 0 Å². The minimum atomic E-state index is -0.954. The molecule has 1 aromatic carbocycles. The van der Waals surface area contributed by atoms with Crippen LogP contribution in [0.25, 0.3) is 0 Å². The fourth-order valence-corrected chi connectivity index (χ4v) is 1.13. The van der Waals surface area contributed by atoms with Crippen LogP contribution < -0.4 is 0 Å². The highest BCUT2D eigenvalue weighted by atomic mass is 19.1. The summed E-state index contributed by atoms with van der Waals surface area (Å²) in [5, 5.41) is 8.31. The highest BCUT2D eigenvalue weighted by molar-refractivity contribution is 5.79. The number of aliphatic carboxylic acids is 1. The quantitative estimate of drug-likeness (QED) is 0.747. The fourth-order valence-electron chi connectivity index (χ4n) is 1.13. The molecule has 0 saturated heterocycles. The van der Waals surface area contributed by atoms with Crippen LogP contribution in [0.15, 0.2) is 36.4 Å². The highest BCUT2D eigenvalue weighted by Gasteiger charge is 1.93. The minimum absolute atomic E-state index is 0.260. The van der Waals surface area contributed by atoms with Gasteiger partial charge in [0.05, 0.1) is 0 Å². The Morgan fingerprint density at radius 1 is 1.50 bits per heavy atom. The van der Waals surface area contributed by atoms with Crippen molar-refractivity contribution in [2.75, 3.05) is 0 Å². The summed E-state index contributed by atoms with van der Waals surface area (Å²) in [6.07, 6.45) is 3.92. The first kappa shape index (κ1) is 10.4. The molecule has 3 heteroatoms. The predicted octanol–water partition coefficient (Wildman–Crippen LogP) is 2.40. The van der Waals surface area contributed by atoms with Crippen LogP contribution in [0.4, 0.5) is 4.39 Å². The summed E-state index contributed by atoms with van der Waals surface area (Å²) in [6, 6.07) is 6.30. The molecular formula is C11H11FO2. The number of hydrogen-bond donors (Lipinski definition) is 1.